The molecule has 0 aliphatic heterocycles. The van der Waals surface area contributed by atoms with Gasteiger partial charge in [0, 0.05) is 17.7 Å². The lowest BCUT2D eigenvalue weighted by Crippen LogP contribution is -2.01. The maximum Gasteiger partial charge on any atom is 0.0991 e. The van der Waals surface area contributed by atoms with Crippen molar-refractivity contribution in [3.63, 3.8) is 0 Å². The zero-order chi connectivity index (χ0) is 22.7. The lowest BCUT2D eigenvalue weighted by atomic mass is 9.97. The molecule has 160 valence electrons. The molecule has 0 atom stereocenters. The first-order valence-electron chi connectivity index (χ1n) is 11.2. The van der Waals surface area contributed by atoms with Gasteiger partial charge in [-0.1, -0.05) is 88.4 Å². The van der Waals surface area contributed by atoms with Crippen molar-refractivity contribution in [3.8, 4) is 28.6 Å². The molecular formula is C29H29N3. The van der Waals surface area contributed by atoms with Crippen molar-refractivity contribution >= 4 is 0 Å². The number of benzene rings is 3. The molecule has 0 N–H and O–H groups in total. The van der Waals surface area contributed by atoms with Crippen molar-refractivity contribution < 1.29 is 0 Å². The van der Waals surface area contributed by atoms with Crippen LogP contribution in [0.3, 0.4) is 0 Å². The zero-order valence-electron chi connectivity index (χ0n) is 19.2. The molecule has 3 heteroatoms. The smallest absolute Gasteiger partial charge is 0.0991 e. The normalized spacial score (nSPS) is 11.2. The fourth-order valence-electron chi connectivity index (χ4n) is 3.95. The predicted octanol–water partition coefficient (Wildman–Crippen LogP) is 7.38. The highest BCUT2D eigenvalue weighted by Crippen LogP contribution is 2.33. The van der Waals surface area contributed by atoms with Crippen LogP contribution in [-0.4, -0.2) is 9.55 Å². The molecule has 0 saturated heterocycles. The molecule has 4 rings (SSSR count). The van der Waals surface area contributed by atoms with Crippen LogP contribution in [0.25, 0.3) is 22.5 Å². The van der Waals surface area contributed by atoms with E-state index in [2.05, 4.69) is 86.9 Å². The monoisotopic (exact) mass is 419 g/mol. The maximum atomic E-state index is 9.09. The quantitative estimate of drug-likeness (QED) is 0.327. The van der Waals surface area contributed by atoms with E-state index in [4.69, 9.17) is 10.2 Å². The molecule has 0 fully saturated rings. The number of imidazole rings is 1. The van der Waals surface area contributed by atoms with Gasteiger partial charge in [-0.15, -0.1) is 0 Å². The topological polar surface area (TPSA) is 41.6 Å². The first kappa shape index (κ1) is 21.6. The summed E-state index contributed by atoms with van der Waals surface area (Å²) in [6.45, 7) is 9.55. The molecule has 0 radical (unpaired) electrons. The second-order valence-corrected chi connectivity index (χ2v) is 8.93. The van der Waals surface area contributed by atoms with Gasteiger partial charge < -0.3 is 4.57 Å². The molecule has 0 saturated carbocycles. The Balaban J connectivity index is 1.78. The molecule has 4 aromatic rings. The van der Waals surface area contributed by atoms with Gasteiger partial charge in [-0.3, -0.25) is 0 Å². The van der Waals surface area contributed by atoms with E-state index < -0.39 is 0 Å². The second kappa shape index (κ2) is 9.24. The minimum absolute atomic E-state index is 0.496. The minimum atomic E-state index is 0.496. The van der Waals surface area contributed by atoms with E-state index in [-0.39, 0.29) is 0 Å². The van der Waals surface area contributed by atoms with E-state index in [0.717, 1.165) is 28.1 Å². The zero-order valence-corrected chi connectivity index (χ0v) is 19.2. The van der Waals surface area contributed by atoms with Crippen molar-refractivity contribution in [2.75, 3.05) is 0 Å². The molecule has 1 heterocycles. The Bertz CT molecular complexity index is 1220. The third kappa shape index (κ3) is 4.50. The van der Waals surface area contributed by atoms with Crippen LogP contribution in [0.2, 0.25) is 0 Å². The maximum absolute atomic E-state index is 9.09. The first-order chi connectivity index (χ1) is 15.5. The number of hydrogen-bond acceptors (Lipinski definition) is 2. The highest BCUT2D eigenvalue weighted by atomic mass is 15.1. The van der Waals surface area contributed by atoms with E-state index in [0.29, 0.717) is 23.9 Å². The molecule has 0 spiro atoms. The van der Waals surface area contributed by atoms with Crippen molar-refractivity contribution in [2.45, 2.75) is 46.1 Å². The predicted molar refractivity (Wildman–Crippen MR) is 132 cm³/mol. The summed E-state index contributed by atoms with van der Waals surface area (Å²) in [5, 5.41) is 9.09. The molecule has 1 aromatic heterocycles. The van der Waals surface area contributed by atoms with Crippen molar-refractivity contribution in [1.29, 1.82) is 5.26 Å². The van der Waals surface area contributed by atoms with Crippen LogP contribution in [0.4, 0.5) is 0 Å². The summed E-state index contributed by atoms with van der Waals surface area (Å²) < 4.78 is 2.21. The van der Waals surface area contributed by atoms with Crippen LogP contribution in [-0.2, 0) is 6.54 Å². The van der Waals surface area contributed by atoms with Crippen LogP contribution in [0, 0.1) is 11.3 Å². The van der Waals surface area contributed by atoms with Crippen molar-refractivity contribution in [2.24, 2.45) is 0 Å². The van der Waals surface area contributed by atoms with E-state index in [1.807, 2.05) is 30.6 Å². The Kier molecular flexibility index (Phi) is 6.23. The third-order valence-electron chi connectivity index (χ3n) is 5.98. The fraction of sp³-hybridized carbons (Fsp3) is 0.241. The van der Waals surface area contributed by atoms with Crippen LogP contribution in [0.15, 0.2) is 79.1 Å². The summed E-state index contributed by atoms with van der Waals surface area (Å²) in [7, 11) is 0. The molecule has 3 aromatic carbocycles. The molecule has 0 aliphatic rings. The van der Waals surface area contributed by atoms with Gasteiger partial charge in [0.15, 0.2) is 0 Å². The van der Waals surface area contributed by atoms with Gasteiger partial charge in [0.05, 0.1) is 29.3 Å². The average Bonchev–Trinajstić information content (AvgIpc) is 3.23. The van der Waals surface area contributed by atoms with Gasteiger partial charge in [-0.05, 0) is 40.7 Å². The number of aromatic nitrogens is 2. The SMILES string of the molecule is CC(C)c1ccc(-c2ncn(Cc3ccc(C#N)cc3)c2-c2ccc(C(C)C)cc2)cc1. The fourth-order valence-corrected chi connectivity index (χ4v) is 3.95. The number of rotatable bonds is 6. The van der Waals surface area contributed by atoms with Gasteiger partial charge in [0.1, 0.15) is 0 Å². The molecule has 3 nitrogen and oxygen atoms in total. The minimum Gasteiger partial charge on any atom is -0.326 e. The van der Waals surface area contributed by atoms with Gasteiger partial charge >= 0.3 is 0 Å². The van der Waals surface area contributed by atoms with E-state index in [1.54, 1.807) is 0 Å². The lowest BCUT2D eigenvalue weighted by Gasteiger charge is -2.13. The number of hydrogen-bond donors (Lipinski definition) is 0. The first-order valence-corrected chi connectivity index (χ1v) is 11.2. The number of nitrogens with zero attached hydrogens (tertiary/aromatic N) is 3. The summed E-state index contributed by atoms with van der Waals surface area (Å²) in [5.41, 5.74) is 8.86. The van der Waals surface area contributed by atoms with Gasteiger partial charge in [0.2, 0.25) is 0 Å². The Hall–Kier alpha value is -3.64. The van der Waals surface area contributed by atoms with Crippen LogP contribution in [0.5, 0.6) is 0 Å². The van der Waals surface area contributed by atoms with Gasteiger partial charge in [-0.25, -0.2) is 4.98 Å². The Morgan fingerprint density at radius 1 is 0.750 bits per heavy atom. The summed E-state index contributed by atoms with van der Waals surface area (Å²) in [6.07, 6.45) is 1.93. The van der Waals surface area contributed by atoms with Crippen LogP contribution < -0.4 is 0 Å². The molecule has 0 unspecified atom stereocenters. The Morgan fingerprint density at radius 3 is 1.78 bits per heavy atom. The summed E-state index contributed by atoms with van der Waals surface area (Å²) in [4.78, 5) is 4.84. The summed E-state index contributed by atoms with van der Waals surface area (Å²) >= 11 is 0. The van der Waals surface area contributed by atoms with E-state index >= 15 is 0 Å². The third-order valence-corrected chi connectivity index (χ3v) is 5.98. The van der Waals surface area contributed by atoms with Crippen LogP contribution in [0.1, 0.15) is 61.8 Å². The standard InChI is InChI=1S/C29H29N3/c1-20(2)24-9-13-26(14-10-24)28-29(27-15-11-25(12-16-27)21(3)4)32(19-31-28)18-23-7-5-22(17-30)6-8-23/h5-16,19-21H,18H2,1-4H3. The molecule has 32 heavy (non-hydrogen) atoms. The number of nitriles is 1. The highest BCUT2D eigenvalue weighted by Gasteiger charge is 2.16. The van der Waals surface area contributed by atoms with Crippen LogP contribution >= 0.6 is 0 Å². The molecular weight excluding hydrogens is 390 g/mol. The Morgan fingerprint density at radius 2 is 1.28 bits per heavy atom. The largest absolute Gasteiger partial charge is 0.326 e. The molecule has 0 amide bonds. The summed E-state index contributed by atoms with van der Waals surface area (Å²) in [5.74, 6) is 0.997. The molecule has 0 bridgehead atoms. The average molecular weight is 420 g/mol. The lowest BCUT2D eigenvalue weighted by molar-refractivity contribution is 0.804. The van der Waals surface area contributed by atoms with Crippen molar-refractivity contribution in [3.05, 3.63) is 101 Å². The van der Waals surface area contributed by atoms with E-state index in [9.17, 15) is 0 Å². The van der Waals surface area contributed by atoms with Gasteiger partial charge in [0.25, 0.3) is 0 Å². The second-order valence-electron chi connectivity index (χ2n) is 8.93. The van der Waals surface area contributed by atoms with Crippen molar-refractivity contribution in [1.82, 2.24) is 9.55 Å². The Labute approximate surface area is 191 Å². The molecule has 0 aliphatic carbocycles. The summed E-state index contributed by atoms with van der Waals surface area (Å²) in [6, 6.07) is 27.5. The van der Waals surface area contributed by atoms with Gasteiger partial charge in [-0.2, -0.15) is 5.26 Å². The highest BCUT2D eigenvalue weighted by molar-refractivity contribution is 5.79. The van der Waals surface area contributed by atoms with E-state index in [1.165, 1.54) is 11.1 Å².